The Hall–Kier alpha value is -3.97. The molecule has 0 spiro atoms. The van der Waals surface area contributed by atoms with Crippen LogP contribution in [0.2, 0.25) is 0 Å². The summed E-state index contributed by atoms with van der Waals surface area (Å²) in [6.45, 7) is 3.24. The van der Waals surface area contributed by atoms with E-state index >= 15 is 0 Å². The predicted octanol–water partition coefficient (Wildman–Crippen LogP) is 5.26. The smallest absolute Gasteiger partial charge is 0.419 e. The quantitative estimate of drug-likeness (QED) is 0.513. The van der Waals surface area contributed by atoms with E-state index in [2.05, 4.69) is 4.98 Å². The Bertz CT molecular complexity index is 1330. The summed E-state index contributed by atoms with van der Waals surface area (Å²) in [5.74, 6) is -0.381. The number of carbonyl (C=O) groups excluding carboxylic acids is 1. The van der Waals surface area contributed by atoms with Crippen molar-refractivity contribution in [1.82, 2.24) is 4.98 Å². The molecule has 1 aliphatic heterocycles. The molecule has 0 saturated carbocycles. The molecule has 3 aromatic rings. The zero-order chi connectivity index (χ0) is 24.8. The highest BCUT2D eigenvalue weighted by Gasteiger charge is 2.50. The number of hydrogen-bond donors (Lipinski definition) is 1. The Morgan fingerprint density at radius 1 is 1.03 bits per heavy atom. The van der Waals surface area contributed by atoms with Gasteiger partial charge in [0.05, 0.1) is 17.4 Å². The number of hydrogen-bond acceptors (Lipinski definition) is 5. The fraction of sp³-hybridized carbons (Fsp3) is 0.167. The lowest BCUT2D eigenvalue weighted by atomic mass is 10.0. The zero-order valence-electron chi connectivity index (χ0n) is 18.0. The minimum absolute atomic E-state index is 0.00739. The summed E-state index contributed by atoms with van der Waals surface area (Å²) in [6.07, 6.45) is -3.79. The van der Waals surface area contributed by atoms with Gasteiger partial charge in [0, 0.05) is 5.69 Å². The second kappa shape index (κ2) is 8.11. The second-order valence-corrected chi connectivity index (χ2v) is 8.48. The van der Waals surface area contributed by atoms with Gasteiger partial charge in [-0.2, -0.15) is 18.4 Å². The summed E-state index contributed by atoms with van der Waals surface area (Å²) in [7, 11) is 0. The fourth-order valence-electron chi connectivity index (χ4n) is 3.79. The molecule has 0 atom stereocenters. The number of nitrogens with zero attached hydrogens (tertiary/aromatic N) is 4. The maximum Gasteiger partial charge on any atom is 0.419 e. The van der Waals surface area contributed by atoms with Crippen LogP contribution in [0.25, 0.3) is 11.1 Å². The Kier molecular flexibility index (Phi) is 5.53. The zero-order valence-corrected chi connectivity index (χ0v) is 18.8. The number of benzene rings is 2. The number of rotatable bonds is 3. The SMILES string of the molecule is CC1(C)C(=O)N(c2cnc(C#N)c(C(F)(F)F)c2)C(=S)N1c1ccc(-c2ccc(O)cc2)cc1. The number of alkyl halides is 3. The van der Waals surface area contributed by atoms with Gasteiger partial charge >= 0.3 is 6.18 Å². The molecule has 2 heterocycles. The van der Waals surface area contributed by atoms with E-state index in [1.807, 2.05) is 12.1 Å². The molecule has 0 radical (unpaired) electrons. The van der Waals surface area contributed by atoms with E-state index in [0.717, 1.165) is 22.2 Å². The van der Waals surface area contributed by atoms with Crippen molar-refractivity contribution in [2.75, 3.05) is 9.80 Å². The molecule has 1 aliphatic rings. The molecule has 34 heavy (non-hydrogen) atoms. The summed E-state index contributed by atoms with van der Waals surface area (Å²) >= 11 is 5.52. The molecule has 1 fully saturated rings. The number of halogens is 3. The summed E-state index contributed by atoms with van der Waals surface area (Å²) in [6, 6.07) is 15.9. The maximum absolute atomic E-state index is 13.4. The van der Waals surface area contributed by atoms with E-state index in [4.69, 9.17) is 17.5 Å². The highest BCUT2D eigenvalue weighted by molar-refractivity contribution is 7.81. The van der Waals surface area contributed by atoms with Crippen LogP contribution in [0.1, 0.15) is 25.1 Å². The van der Waals surface area contributed by atoms with Gasteiger partial charge in [0.2, 0.25) is 0 Å². The van der Waals surface area contributed by atoms with Crippen LogP contribution in [0.5, 0.6) is 5.75 Å². The van der Waals surface area contributed by atoms with Gasteiger partial charge < -0.3 is 10.0 Å². The van der Waals surface area contributed by atoms with Crippen molar-refractivity contribution in [3.63, 3.8) is 0 Å². The Balaban J connectivity index is 1.72. The van der Waals surface area contributed by atoms with Crippen LogP contribution < -0.4 is 9.80 Å². The number of anilines is 2. The summed E-state index contributed by atoms with van der Waals surface area (Å²) in [5, 5.41) is 18.5. The molecule has 0 bridgehead atoms. The van der Waals surface area contributed by atoms with E-state index in [1.54, 1.807) is 55.1 Å². The van der Waals surface area contributed by atoms with Gasteiger partial charge in [-0.15, -0.1) is 0 Å². The van der Waals surface area contributed by atoms with Crippen LogP contribution in [-0.2, 0) is 11.0 Å². The molecule has 1 aromatic heterocycles. The topological polar surface area (TPSA) is 80.5 Å². The molecule has 0 aliphatic carbocycles. The van der Waals surface area contributed by atoms with Crippen molar-refractivity contribution < 1.29 is 23.1 Å². The summed E-state index contributed by atoms with van der Waals surface area (Å²) < 4.78 is 40.3. The van der Waals surface area contributed by atoms with Gasteiger partial charge in [0.25, 0.3) is 5.91 Å². The first-order chi connectivity index (χ1) is 15.9. The Labute approximate surface area is 198 Å². The number of aromatic hydroxyl groups is 1. The fourth-order valence-corrected chi connectivity index (χ4v) is 4.32. The molecule has 4 rings (SSSR count). The van der Waals surface area contributed by atoms with Crippen LogP contribution in [0, 0.1) is 11.3 Å². The monoisotopic (exact) mass is 482 g/mol. The number of phenols is 1. The van der Waals surface area contributed by atoms with Gasteiger partial charge in [0.15, 0.2) is 10.8 Å². The number of phenolic OH excluding ortho intramolecular Hbond substituents is 1. The third kappa shape index (κ3) is 3.84. The largest absolute Gasteiger partial charge is 0.508 e. The molecule has 172 valence electrons. The van der Waals surface area contributed by atoms with Crippen molar-refractivity contribution >= 4 is 34.6 Å². The van der Waals surface area contributed by atoms with Crippen LogP contribution in [0.4, 0.5) is 24.5 Å². The molecular weight excluding hydrogens is 465 g/mol. The molecule has 2 aromatic carbocycles. The average Bonchev–Trinajstić information content (AvgIpc) is 2.97. The average molecular weight is 482 g/mol. The number of carbonyl (C=O) groups is 1. The molecular formula is C24H17F3N4O2S. The van der Waals surface area contributed by atoms with Crippen LogP contribution >= 0.6 is 12.2 Å². The van der Waals surface area contributed by atoms with E-state index in [1.165, 1.54) is 6.07 Å². The normalized spacial score (nSPS) is 15.5. The Morgan fingerprint density at radius 3 is 2.12 bits per heavy atom. The van der Waals surface area contributed by atoms with Crippen molar-refractivity contribution in [3.8, 4) is 22.9 Å². The third-order valence-corrected chi connectivity index (χ3v) is 5.90. The molecule has 0 unspecified atom stereocenters. The van der Waals surface area contributed by atoms with Crippen LogP contribution in [-0.4, -0.2) is 26.6 Å². The highest BCUT2D eigenvalue weighted by atomic mass is 32.1. The summed E-state index contributed by atoms with van der Waals surface area (Å²) in [5.41, 5.74) is -1.07. The van der Waals surface area contributed by atoms with Crippen molar-refractivity contribution in [1.29, 1.82) is 5.26 Å². The lowest BCUT2D eigenvalue weighted by molar-refractivity contribution is -0.138. The van der Waals surface area contributed by atoms with Crippen molar-refractivity contribution in [2.24, 2.45) is 0 Å². The lowest BCUT2D eigenvalue weighted by Crippen LogP contribution is -2.44. The molecule has 1 N–H and O–H groups in total. The van der Waals surface area contributed by atoms with Crippen molar-refractivity contribution in [3.05, 3.63) is 72.1 Å². The van der Waals surface area contributed by atoms with E-state index < -0.39 is 28.9 Å². The number of amides is 1. The molecule has 1 amide bonds. The lowest BCUT2D eigenvalue weighted by Gasteiger charge is -2.29. The minimum atomic E-state index is -4.82. The first kappa shape index (κ1) is 23.2. The summed E-state index contributed by atoms with van der Waals surface area (Å²) in [4.78, 5) is 19.4. The van der Waals surface area contributed by atoms with Gasteiger partial charge in [-0.25, -0.2) is 4.98 Å². The number of thiocarbonyl (C=S) groups is 1. The molecule has 1 saturated heterocycles. The van der Waals surface area contributed by atoms with E-state index in [9.17, 15) is 23.1 Å². The number of aromatic nitrogens is 1. The first-order valence-corrected chi connectivity index (χ1v) is 10.4. The maximum atomic E-state index is 13.4. The molecule has 10 heteroatoms. The second-order valence-electron chi connectivity index (χ2n) is 8.11. The van der Waals surface area contributed by atoms with Gasteiger partial charge in [0.1, 0.15) is 17.4 Å². The van der Waals surface area contributed by atoms with Crippen LogP contribution in [0.3, 0.4) is 0 Å². The standard InChI is InChI=1S/C24H17F3N4O2S/c1-23(2)21(33)30(17-11-19(24(25,26)27)20(12-28)29-13-17)22(34)31(23)16-7-3-14(4-8-16)15-5-9-18(32)10-6-15/h3-11,13,32H,1-2H3. The third-order valence-electron chi connectivity index (χ3n) is 5.54. The van der Waals surface area contributed by atoms with Crippen molar-refractivity contribution in [2.45, 2.75) is 25.6 Å². The first-order valence-electron chi connectivity index (χ1n) is 10.0. The number of nitriles is 1. The Morgan fingerprint density at radius 2 is 1.59 bits per heavy atom. The minimum Gasteiger partial charge on any atom is -0.508 e. The van der Waals surface area contributed by atoms with E-state index in [-0.39, 0.29) is 16.5 Å². The van der Waals surface area contributed by atoms with Gasteiger partial charge in [-0.3, -0.25) is 9.69 Å². The van der Waals surface area contributed by atoms with Crippen LogP contribution in [0.15, 0.2) is 60.8 Å². The van der Waals surface area contributed by atoms with Gasteiger partial charge in [-0.05, 0) is 67.5 Å². The highest BCUT2D eigenvalue weighted by Crippen LogP contribution is 2.39. The predicted molar refractivity (Wildman–Crippen MR) is 124 cm³/mol. The number of pyridine rings is 1. The van der Waals surface area contributed by atoms with E-state index in [0.29, 0.717) is 11.8 Å². The van der Waals surface area contributed by atoms with Gasteiger partial charge in [-0.1, -0.05) is 24.3 Å². The molecule has 6 nitrogen and oxygen atoms in total.